The largest absolute Gasteiger partial charge is 0.379 e. The fourth-order valence-electron chi connectivity index (χ4n) is 1.96. The highest BCUT2D eigenvalue weighted by Gasteiger charge is 2.30. The van der Waals surface area contributed by atoms with E-state index in [0.717, 1.165) is 19.3 Å². The van der Waals surface area contributed by atoms with Crippen molar-refractivity contribution < 1.29 is 14.2 Å². The zero-order chi connectivity index (χ0) is 11.5. The normalized spacial score (nSPS) is 24.6. The van der Waals surface area contributed by atoms with E-state index in [2.05, 4.69) is 20.3 Å². The maximum atomic E-state index is 11.7. The molecular formula is C9H14N4O3. The number of amides is 1. The van der Waals surface area contributed by atoms with Gasteiger partial charge in [0.1, 0.15) is 0 Å². The second-order valence-electron chi connectivity index (χ2n) is 3.78. The lowest BCUT2D eigenvalue weighted by molar-refractivity contribution is 0.0717. The number of nitrogens with two attached hydrogens (primary N) is 1. The van der Waals surface area contributed by atoms with Crippen LogP contribution in [0.2, 0.25) is 0 Å². The van der Waals surface area contributed by atoms with Crippen LogP contribution >= 0.6 is 0 Å². The lowest BCUT2D eigenvalue weighted by Crippen LogP contribution is -2.41. The highest BCUT2D eigenvalue weighted by molar-refractivity contribution is 5.96. The average Bonchev–Trinajstić information content (AvgIpc) is 2.86. The second-order valence-corrected chi connectivity index (χ2v) is 3.78. The molecule has 1 heterocycles. The molecule has 2 atom stereocenters. The van der Waals surface area contributed by atoms with E-state index in [1.807, 2.05) is 0 Å². The summed E-state index contributed by atoms with van der Waals surface area (Å²) in [5, 5.41) is 9.61. The van der Waals surface area contributed by atoms with Gasteiger partial charge in [-0.2, -0.15) is 0 Å². The Morgan fingerprint density at radius 2 is 2.38 bits per heavy atom. The SMILES string of the molecule is COC1CCCC1NC(=O)c1nonc1N. The molecule has 3 N–H and O–H groups in total. The van der Waals surface area contributed by atoms with Crippen LogP contribution in [0.5, 0.6) is 0 Å². The van der Waals surface area contributed by atoms with Gasteiger partial charge in [-0.25, -0.2) is 4.63 Å². The lowest BCUT2D eigenvalue weighted by Gasteiger charge is -2.18. The second kappa shape index (κ2) is 4.48. The molecular weight excluding hydrogens is 212 g/mol. The summed E-state index contributed by atoms with van der Waals surface area (Å²) in [7, 11) is 1.64. The third-order valence-electron chi connectivity index (χ3n) is 2.80. The molecule has 2 rings (SSSR count). The number of nitrogens with one attached hydrogen (secondary N) is 1. The van der Waals surface area contributed by atoms with Crippen LogP contribution in [-0.4, -0.2) is 35.5 Å². The molecule has 1 amide bonds. The van der Waals surface area contributed by atoms with E-state index in [9.17, 15) is 4.79 Å². The summed E-state index contributed by atoms with van der Waals surface area (Å²) in [6, 6.07) is 0.00796. The quantitative estimate of drug-likeness (QED) is 0.748. The number of carbonyl (C=O) groups is 1. The number of nitrogen functional groups attached to an aromatic ring is 1. The van der Waals surface area contributed by atoms with Gasteiger partial charge < -0.3 is 15.8 Å². The Morgan fingerprint density at radius 1 is 1.56 bits per heavy atom. The van der Waals surface area contributed by atoms with Gasteiger partial charge in [-0.05, 0) is 29.6 Å². The van der Waals surface area contributed by atoms with Crippen LogP contribution in [0.25, 0.3) is 0 Å². The number of anilines is 1. The number of methoxy groups -OCH3 is 1. The van der Waals surface area contributed by atoms with Crippen molar-refractivity contribution in [3.05, 3.63) is 5.69 Å². The summed E-state index contributed by atoms with van der Waals surface area (Å²) in [6.45, 7) is 0. The summed E-state index contributed by atoms with van der Waals surface area (Å²) in [4.78, 5) is 11.7. The number of hydrogen-bond donors (Lipinski definition) is 2. The minimum Gasteiger partial charge on any atom is -0.379 e. The lowest BCUT2D eigenvalue weighted by atomic mass is 10.2. The van der Waals surface area contributed by atoms with Crippen molar-refractivity contribution in [3.63, 3.8) is 0 Å². The number of hydrogen-bond acceptors (Lipinski definition) is 6. The Labute approximate surface area is 92.3 Å². The maximum absolute atomic E-state index is 11.7. The summed E-state index contributed by atoms with van der Waals surface area (Å²) in [5.41, 5.74) is 5.45. The van der Waals surface area contributed by atoms with Crippen LogP contribution in [0.15, 0.2) is 4.63 Å². The maximum Gasteiger partial charge on any atom is 0.277 e. The molecule has 1 aliphatic rings. The molecule has 1 aliphatic carbocycles. The van der Waals surface area contributed by atoms with E-state index in [1.165, 1.54) is 0 Å². The number of rotatable bonds is 3. The van der Waals surface area contributed by atoms with E-state index in [-0.39, 0.29) is 29.6 Å². The van der Waals surface area contributed by atoms with Gasteiger partial charge in [-0.1, -0.05) is 0 Å². The van der Waals surface area contributed by atoms with Crippen molar-refractivity contribution in [2.75, 3.05) is 12.8 Å². The number of carbonyl (C=O) groups excluding carboxylic acids is 1. The number of aromatic nitrogens is 2. The van der Waals surface area contributed by atoms with Crippen molar-refractivity contribution in [2.45, 2.75) is 31.4 Å². The third-order valence-corrected chi connectivity index (χ3v) is 2.80. The summed E-state index contributed by atoms with van der Waals surface area (Å²) in [5.74, 6) is -0.364. The van der Waals surface area contributed by atoms with Crippen molar-refractivity contribution in [2.24, 2.45) is 0 Å². The first kappa shape index (κ1) is 10.9. The average molecular weight is 226 g/mol. The Kier molecular flexibility index (Phi) is 3.04. The van der Waals surface area contributed by atoms with Gasteiger partial charge in [0, 0.05) is 7.11 Å². The molecule has 0 radical (unpaired) electrons. The fourth-order valence-corrected chi connectivity index (χ4v) is 1.96. The van der Waals surface area contributed by atoms with Crippen molar-refractivity contribution in [1.29, 1.82) is 0 Å². The summed E-state index contributed by atoms with van der Waals surface area (Å²) in [6.07, 6.45) is 2.95. The summed E-state index contributed by atoms with van der Waals surface area (Å²) >= 11 is 0. The van der Waals surface area contributed by atoms with Gasteiger partial charge in [-0.3, -0.25) is 4.79 Å². The van der Waals surface area contributed by atoms with Gasteiger partial charge >= 0.3 is 0 Å². The summed E-state index contributed by atoms with van der Waals surface area (Å²) < 4.78 is 9.63. The van der Waals surface area contributed by atoms with E-state index in [0.29, 0.717) is 0 Å². The van der Waals surface area contributed by atoms with Crippen LogP contribution in [0.1, 0.15) is 29.8 Å². The molecule has 0 bridgehead atoms. The molecule has 1 saturated carbocycles. The van der Waals surface area contributed by atoms with Crippen LogP contribution in [0.4, 0.5) is 5.82 Å². The highest BCUT2D eigenvalue weighted by atomic mass is 16.6. The molecule has 7 heteroatoms. The van der Waals surface area contributed by atoms with Gasteiger partial charge in [0.25, 0.3) is 5.91 Å². The van der Waals surface area contributed by atoms with Gasteiger partial charge in [0.05, 0.1) is 12.1 Å². The van der Waals surface area contributed by atoms with Gasteiger partial charge in [-0.15, -0.1) is 0 Å². The molecule has 1 aromatic heterocycles. The Hall–Kier alpha value is -1.63. The Balaban J connectivity index is 2.00. The molecule has 0 aliphatic heterocycles. The molecule has 0 aromatic carbocycles. The zero-order valence-electron chi connectivity index (χ0n) is 8.97. The van der Waals surface area contributed by atoms with Gasteiger partial charge in [0.15, 0.2) is 0 Å². The van der Waals surface area contributed by atoms with Crippen molar-refractivity contribution >= 4 is 11.7 Å². The van der Waals surface area contributed by atoms with E-state index < -0.39 is 0 Å². The monoisotopic (exact) mass is 226 g/mol. The third kappa shape index (κ3) is 1.99. The van der Waals surface area contributed by atoms with Gasteiger partial charge in [0.2, 0.25) is 11.5 Å². The minimum absolute atomic E-state index is 0.00413. The number of ether oxygens (including phenoxy) is 1. The highest BCUT2D eigenvalue weighted by Crippen LogP contribution is 2.21. The van der Waals surface area contributed by atoms with Crippen LogP contribution in [0.3, 0.4) is 0 Å². The van der Waals surface area contributed by atoms with Crippen molar-refractivity contribution in [3.8, 4) is 0 Å². The Bertz CT molecular complexity index is 379. The van der Waals surface area contributed by atoms with Crippen LogP contribution in [0, 0.1) is 0 Å². The minimum atomic E-state index is -0.368. The van der Waals surface area contributed by atoms with Crippen molar-refractivity contribution in [1.82, 2.24) is 15.6 Å². The van der Waals surface area contributed by atoms with E-state index in [4.69, 9.17) is 10.5 Å². The topological polar surface area (TPSA) is 103 Å². The molecule has 88 valence electrons. The predicted molar refractivity (Wildman–Crippen MR) is 54.6 cm³/mol. The van der Waals surface area contributed by atoms with Crippen LogP contribution in [-0.2, 0) is 4.74 Å². The standard InChI is InChI=1S/C9H14N4O3/c1-15-6-4-2-3-5(6)11-9(14)7-8(10)13-16-12-7/h5-6H,2-4H2,1H3,(H2,10,13)(H,11,14). The first-order valence-corrected chi connectivity index (χ1v) is 5.14. The molecule has 0 saturated heterocycles. The Morgan fingerprint density at radius 3 is 3.00 bits per heavy atom. The molecule has 1 fully saturated rings. The van der Waals surface area contributed by atoms with E-state index >= 15 is 0 Å². The molecule has 0 spiro atoms. The molecule has 16 heavy (non-hydrogen) atoms. The molecule has 1 aromatic rings. The molecule has 7 nitrogen and oxygen atoms in total. The van der Waals surface area contributed by atoms with E-state index in [1.54, 1.807) is 7.11 Å². The first-order chi connectivity index (χ1) is 7.72. The smallest absolute Gasteiger partial charge is 0.277 e. The number of nitrogens with zero attached hydrogens (tertiary/aromatic N) is 2. The van der Waals surface area contributed by atoms with Crippen LogP contribution < -0.4 is 11.1 Å². The predicted octanol–water partition coefficient (Wildman–Crippen LogP) is -0.0509. The fraction of sp³-hybridized carbons (Fsp3) is 0.667. The first-order valence-electron chi connectivity index (χ1n) is 5.14. The molecule has 2 unspecified atom stereocenters. The zero-order valence-corrected chi connectivity index (χ0v) is 8.97.